The average molecular weight is 409 g/mol. The number of Topliss-reactive ketones (excluding diaryl/α,β-unsaturated/α-hetero) is 1. The Hall–Kier alpha value is -1.69. The van der Waals surface area contributed by atoms with E-state index in [2.05, 4.69) is 15.9 Å². The van der Waals surface area contributed by atoms with Gasteiger partial charge in [0.25, 0.3) is 5.91 Å². The standard InChI is InChI=1S/C18H15BrClNO3/c1-2-21-15-8-7-13(20)9-14(15)18(24,17(21)23)10-16(22)11-3-5-12(19)6-4-11/h3-9,24H,2,10H2,1H3/t18-/m0/s1. The van der Waals surface area contributed by atoms with Crippen LogP contribution in [0.2, 0.25) is 5.02 Å². The molecule has 1 amide bonds. The minimum atomic E-state index is -1.89. The fraction of sp³-hybridized carbons (Fsp3) is 0.222. The van der Waals surface area contributed by atoms with Crippen LogP contribution in [0.25, 0.3) is 0 Å². The van der Waals surface area contributed by atoms with Crippen LogP contribution in [0.15, 0.2) is 46.9 Å². The number of fused-ring (bicyclic) bond motifs is 1. The Morgan fingerprint density at radius 1 is 1.25 bits per heavy atom. The van der Waals surface area contributed by atoms with E-state index >= 15 is 0 Å². The molecule has 2 aromatic carbocycles. The summed E-state index contributed by atoms with van der Waals surface area (Å²) >= 11 is 9.34. The van der Waals surface area contributed by atoms with Crippen molar-refractivity contribution in [2.45, 2.75) is 18.9 Å². The Kier molecular flexibility index (Phi) is 4.51. The molecule has 1 N–H and O–H groups in total. The van der Waals surface area contributed by atoms with Crippen LogP contribution < -0.4 is 4.90 Å². The molecule has 0 aliphatic carbocycles. The lowest BCUT2D eigenvalue weighted by Crippen LogP contribution is -2.41. The van der Waals surface area contributed by atoms with Crippen LogP contribution in [-0.4, -0.2) is 23.3 Å². The predicted molar refractivity (Wildman–Crippen MR) is 96.5 cm³/mol. The van der Waals surface area contributed by atoms with Crippen molar-refractivity contribution in [3.63, 3.8) is 0 Å². The van der Waals surface area contributed by atoms with Gasteiger partial charge in [-0.05, 0) is 37.3 Å². The van der Waals surface area contributed by atoms with Gasteiger partial charge < -0.3 is 10.0 Å². The number of hydrogen-bond acceptors (Lipinski definition) is 3. The van der Waals surface area contributed by atoms with Crippen molar-refractivity contribution in [3.05, 3.63) is 63.1 Å². The van der Waals surface area contributed by atoms with Gasteiger partial charge in [-0.2, -0.15) is 0 Å². The molecule has 4 nitrogen and oxygen atoms in total. The first kappa shape index (κ1) is 17.1. The minimum absolute atomic E-state index is 0.303. The molecule has 1 aliphatic heterocycles. The number of carbonyl (C=O) groups excluding carboxylic acids is 2. The van der Waals surface area contributed by atoms with E-state index in [1.165, 1.54) is 4.90 Å². The number of rotatable bonds is 4. The van der Waals surface area contributed by atoms with Crippen molar-refractivity contribution >= 4 is 44.9 Å². The summed E-state index contributed by atoms with van der Waals surface area (Å²) in [4.78, 5) is 26.8. The fourth-order valence-corrected chi connectivity index (χ4v) is 3.41. The van der Waals surface area contributed by atoms with Crippen LogP contribution in [0, 0.1) is 0 Å². The van der Waals surface area contributed by atoms with E-state index in [9.17, 15) is 14.7 Å². The lowest BCUT2D eigenvalue weighted by molar-refractivity contribution is -0.135. The molecule has 0 bridgehead atoms. The summed E-state index contributed by atoms with van der Waals surface area (Å²) in [5, 5.41) is 11.5. The number of aliphatic hydroxyl groups is 1. The zero-order valence-electron chi connectivity index (χ0n) is 12.9. The second-order valence-electron chi connectivity index (χ2n) is 5.68. The van der Waals surface area contributed by atoms with Crippen LogP contribution in [-0.2, 0) is 10.4 Å². The number of likely N-dealkylation sites (N-methyl/N-ethyl adjacent to an activating group) is 1. The number of anilines is 1. The van der Waals surface area contributed by atoms with Crippen LogP contribution in [0.3, 0.4) is 0 Å². The Morgan fingerprint density at radius 3 is 2.54 bits per heavy atom. The lowest BCUT2D eigenvalue weighted by Gasteiger charge is -2.22. The molecule has 0 fully saturated rings. The van der Waals surface area contributed by atoms with Crippen molar-refractivity contribution in [2.24, 2.45) is 0 Å². The lowest BCUT2D eigenvalue weighted by atomic mass is 9.88. The summed E-state index contributed by atoms with van der Waals surface area (Å²) in [5.41, 5.74) is -0.469. The number of benzene rings is 2. The summed E-state index contributed by atoms with van der Waals surface area (Å²) < 4.78 is 0.851. The molecule has 1 heterocycles. The van der Waals surface area contributed by atoms with Gasteiger partial charge in [0.15, 0.2) is 11.4 Å². The number of nitrogens with zero attached hydrogens (tertiary/aromatic N) is 1. The molecular formula is C18H15BrClNO3. The Bertz CT molecular complexity index is 822. The molecule has 3 rings (SSSR count). The van der Waals surface area contributed by atoms with Crippen molar-refractivity contribution in [2.75, 3.05) is 11.4 Å². The Morgan fingerprint density at radius 2 is 1.92 bits per heavy atom. The highest BCUT2D eigenvalue weighted by Gasteiger charge is 2.50. The molecule has 2 aromatic rings. The molecule has 1 aliphatic rings. The molecule has 0 saturated carbocycles. The van der Waals surface area contributed by atoms with Crippen LogP contribution in [0.1, 0.15) is 29.3 Å². The number of carbonyl (C=O) groups is 2. The van der Waals surface area contributed by atoms with Crippen molar-refractivity contribution in [3.8, 4) is 0 Å². The Labute approximate surface area is 153 Å². The smallest absolute Gasteiger partial charge is 0.264 e. The number of halogens is 2. The van der Waals surface area contributed by atoms with E-state index < -0.39 is 11.5 Å². The van der Waals surface area contributed by atoms with Gasteiger partial charge in [-0.1, -0.05) is 39.7 Å². The van der Waals surface area contributed by atoms with Crippen molar-refractivity contribution in [1.29, 1.82) is 0 Å². The normalized spacial score (nSPS) is 19.5. The third-order valence-electron chi connectivity index (χ3n) is 4.19. The van der Waals surface area contributed by atoms with Gasteiger partial charge in [-0.25, -0.2) is 0 Å². The van der Waals surface area contributed by atoms with E-state index in [-0.39, 0.29) is 12.2 Å². The quantitative estimate of drug-likeness (QED) is 0.780. The van der Waals surface area contributed by atoms with E-state index in [1.807, 2.05) is 6.92 Å². The van der Waals surface area contributed by atoms with Crippen LogP contribution in [0.4, 0.5) is 5.69 Å². The van der Waals surface area contributed by atoms with Crippen molar-refractivity contribution < 1.29 is 14.7 Å². The molecular weight excluding hydrogens is 394 g/mol. The highest BCUT2D eigenvalue weighted by Crippen LogP contribution is 2.43. The third kappa shape index (κ3) is 2.77. The zero-order valence-corrected chi connectivity index (χ0v) is 15.3. The van der Waals surface area contributed by atoms with Gasteiger partial charge in [-0.15, -0.1) is 0 Å². The van der Waals surface area contributed by atoms with Crippen molar-refractivity contribution in [1.82, 2.24) is 0 Å². The topological polar surface area (TPSA) is 57.6 Å². The zero-order chi connectivity index (χ0) is 17.5. The largest absolute Gasteiger partial charge is 0.375 e. The third-order valence-corrected chi connectivity index (χ3v) is 4.96. The summed E-state index contributed by atoms with van der Waals surface area (Å²) in [5.74, 6) is -0.796. The summed E-state index contributed by atoms with van der Waals surface area (Å²) in [6.45, 7) is 2.22. The monoisotopic (exact) mass is 407 g/mol. The predicted octanol–water partition coefficient (Wildman–Crippen LogP) is 3.93. The Balaban J connectivity index is 2.00. The molecule has 6 heteroatoms. The summed E-state index contributed by atoms with van der Waals surface area (Å²) in [7, 11) is 0. The highest BCUT2D eigenvalue weighted by atomic mass is 79.9. The van der Waals surface area contributed by atoms with Gasteiger partial charge in [0.2, 0.25) is 0 Å². The highest BCUT2D eigenvalue weighted by molar-refractivity contribution is 9.10. The number of hydrogen-bond donors (Lipinski definition) is 1. The molecule has 0 radical (unpaired) electrons. The first-order chi connectivity index (χ1) is 11.4. The van der Waals surface area contributed by atoms with Gasteiger partial charge in [0.05, 0.1) is 12.1 Å². The van der Waals surface area contributed by atoms with Gasteiger partial charge >= 0.3 is 0 Å². The molecule has 0 saturated heterocycles. The second-order valence-corrected chi connectivity index (χ2v) is 7.03. The molecule has 24 heavy (non-hydrogen) atoms. The minimum Gasteiger partial charge on any atom is -0.375 e. The molecule has 124 valence electrons. The van der Waals surface area contributed by atoms with E-state index in [0.717, 1.165) is 4.47 Å². The van der Waals surface area contributed by atoms with E-state index in [4.69, 9.17) is 11.6 Å². The van der Waals surface area contributed by atoms with E-state index in [1.54, 1.807) is 42.5 Å². The fourth-order valence-electron chi connectivity index (χ4n) is 2.98. The molecule has 0 aromatic heterocycles. The van der Waals surface area contributed by atoms with Crippen LogP contribution >= 0.6 is 27.5 Å². The average Bonchev–Trinajstić information content (AvgIpc) is 2.76. The van der Waals surface area contributed by atoms with E-state index in [0.29, 0.717) is 28.4 Å². The van der Waals surface area contributed by atoms with Gasteiger partial charge in [0, 0.05) is 27.2 Å². The molecule has 0 unspecified atom stereocenters. The van der Waals surface area contributed by atoms with Gasteiger partial charge in [0.1, 0.15) is 0 Å². The maximum Gasteiger partial charge on any atom is 0.264 e. The number of amides is 1. The second kappa shape index (κ2) is 6.31. The molecule has 0 spiro atoms. The van der Waals surface area contributed by atoms with Gasteiger partial charge in [-0.3, -0.25) is 9.59 Å². The first-order valence-electron chi connectivity index (χ1n) is 7.50. The van der Waals surface area contributed by atoms with Crippen LogP contribution in [0.5, 0.6) is 0 Å². The number of ketones is 1. The summed E-state index contributed by atoms with van der Waals surface area (Å²) in [6.07, 6.45) is -0.322. The molecule has 1 atom stereocenters. The first-order valence-corrected chi connectivity index (χ1v) is 8.67. The SMILES string of the molecule is CCN1C(=O)[C@](O)(CC(=O)c2ccc(Br)cc2)c2cc(Cl)ccc21. The maximum absolute atomic E-state index is 12.7. The maximum atomic E-state index is 12.7. The summed E-state index contributed by atoms with van der Waals surface area (Å²) in [6, 6.07) is 11.7.